The maximum atomic E-state index is 12.7. The highest BCUT2D eigenvalue weighted by Crippen LogP contribution is 2.25. The van der Waals surface area contributed by atoms with Crippen molar-refractivity contribution in [3.05, 3.63) is 35.7 Å². The van der Waals surface area contributed by atoms with Crippen LogP contribution in [0.1, 0.15) is 24.1 Å². The molecule has 0 unspecified atom stereocenters. The lowest BCUT2D eigenvalue weighted by atomic mass is 10.1. The van der Waals surface area contributed by atoms with E-state index >= 15 is 0 Å². The number of hydrogen-bond donors (Lipinski definition) is 0. The van der Waals surface area contributed by atoms with Gasteiger partial charge in [0.15, 0.2) is 5.65 Å². The average molecular weight is 318 g/mol. The first kappa shape index (κ1) is 14.0. The predicted molar refractivity (Wildman–Crippen MR) is 83.4 cm³/mol. The molecule has 22 heavy (non-hydrogen) atoms. The number of hydrogen-bond acceptors (Lipinski definition) is 4. The summed E-state index contributed by atoms with van der Waals surface area (Å²) in [5, 5.41) is 0.960. The van der Waals surface area contributed by atoms with Gasteiger partial charge in [-0.3, -0.25) is 0 Å². The Bertz CT molecular complexity index is 815. The van der Waals surface area contributed by atoms with Gasteiger partial charge in [0.1, 0.15) is 0 Å². The van der Waals surface area contributed by atoms with E-state index < -0.39 is 10.2 Å². The van der Waals surface area contributed by atoms with E-state index in [0.717, 1.165) is 35.1 Å². The summed E-state index contributed by atoms with van der Waals surface area (Å²) in [4.78, 5) is 8.85. The van der Waals surface area contributed by atoms with E-state index in [9.17, 15) is 8.42 Å². The fourth-order valence-electron chi connectivity index (χ4n) is 3.22. The van der Waals surface area contributed by atoms with Crippen LogP contribution in [0.25, 0.3) is 11.0 Å². The lowest BCUT2D eigenvalue weighted by molar-refractivity contribution is 0.343. The number of pyridine rings is 2. The van der Waals surface area contributed by atoms with Crippen molar-refractivity contribution in [3.8, 4) is 0 Å². The highest BCUT2D eigenvalue weighted by molar-refractivity contribution is 7.86. The second-order valence-electron chi connectivity index (χ2n) is 5.84. The average Bonchev–Trinajstić information content (AvgIpc) is 3.07. The Morgan fingerprint density at radius 2 is 1.91 bits per heavy atom. The monoisotopic (exact) mass is 318 g/mol. The molecule has 4 heterocycles. The van der Waals surface area contributed by atoms with Gasteiger partial charge in [0, 0.05) is 49.9 Å². The summed E-state index contributed by atoms with van der Waals surface area (Å²) in [6.45, 7) is 2.19. The summed E-state index contributed by atoms with van der Waals surface area (Å²) in [6, 6.07) is 5.86. The second kappa shape index (κ2) is 5.26. The highest BCUT2D eigenvalue weighted by Gasteiger charge is 2.34. The third-order valence-corrected chi connectivity index (χ3v) is 6.40. The molecule has 0 aromatic carbocycles. The van der Waals surface area contributed by atoms with Gasteiger partial charge in [0.05, 0.1) is 0 Å². The Kier molecular flexibility index (Phi) is 3.36. The lowest BCUT2D eigenvalue weighted by Crippen LogP contribution is -2.44. The van der Waals surface area contributed by atoms with E-state index in [0.29, 0.717) is 32.6 Å². The minimum absolute atomic E-state index is 0.409. The van der Waals surface area contributed by atoms with Gasteiger partial charge >= 0.3 is 0 Å². The van der Waals surface area contributed by atoms with Gasteiger partial charge < -0.3 is 0 Å². The standard InChI is InChI=1S/C15H18N4O2S/c20-22(21,18-7-1-2-8-18)19-9-5-14-13(11-19)10-12-4-3-6-16-15(12)17-14/h3-4,6,10H,1-2,5,7-9,11H2. The van der Waals surface area contributed by atoms with Crippen molar-refractivity contribution < 1.29 is 8.42 Å². The van der Waals surface area contributed by atoms with Crippen LogP contribution >= 0.6 is 0 Å². The first-order valence-corrected chi connectivity index (χ1v) is 9.03. The van der Waals surface area contributed by atoms with E-state index in [-0.39, 0.29) is 0 Å². The topological polar surface area (TPSA) is 66.4 Å². The van der Waals surface area contributed by atoms with Gasteiger partial charge in [0.25, 0.3) is 10.2 Å². The minimum atomic E-state index is -3.33. The smallest absolute Gasteiger partial charge is 0.237 e. The van der Waals surface area contributed by atoms with Crippen LogP contribution < -0.4 is 0 Å². The molecule has 7 heteroatoms. The van der Waals surface area contributed by atoms with Crippen LogP contribution in [-0.2, 0) is 23.2 Å². The molecule has 1 fully saturated rings. The van der Waals surface area contributed by atoms with E-state index in [1.54, 1.807) is 14.8 Å². The van der Waals surface area contributed by atoms with Crippen LogP contribution in [0.4, 0.5) is 0 Å². The molecule has 2 aliphatic heterocycles. The molecule has 0 N–H and O–H groups in total. The first-order valence-electron chi connectivity index (χ1n) is 7.63. The molecule has 116 valence electrons. The third kappa shape index (κ3) is 2.29. The summed E-state index contributed by atoms with van der Waals surface area (Å²) >= 11 is 0. The molecule has 2 aromatic heterocycles. The molecule has 4 rings (SSSR count). The minimum Gasteiger partial charge on any atom is -0.237 e. The first-order chi connectivity index (χ1) is 10.6. The largest absolute Gasteiger partial charge is 0.282 e. The van der Waals surface area contributed by atoms with Gasteiger partial charge in [-0.1, -0.05) is 0 Å². The molecule has 0 bridgehead atoms. The predicted octanol–water partition coefficient (Wildman–Crippen LogP) is 1.33. The third-order valence-electron chi connectivity index (χ3n) is 4.42. The molecule has 6 nitrogen and oxygen atoms in total. The van der Waals surface area contributed by atoms with E-state index in [1.807, 2.05) is 18.2 Å². The van der Waals surface area contributed by atoms with Crippen molar-refractivity contribution in [1.29, 1.82) is 0 Å². The molecular weight excluding hydrogens is 300 g/mol. The Hall–Kier alpha value is -1.57. The summed E-state index contributed by atoms with van der Waals surface area (Å²) in [5.74, 6) is 0. The molecule has 0 amide bonds. The van der Waals surface area contributed by atoms with Gasteiger partial charge in [-0.25, -0.2) is 9.97 Å². The SMILES string of the molecule is O=S(=O)(N1CCCC1)N1CCc2nc3ncccc3cc2C1. The zero-order valence-electron chi connectivity index (χ0n) is 12.3. The Labute approximate surface area is 130 Å². The van der Waals surface area contributed by atoms with Crippen LogP contribution in [0.2, 0.25) is 0 Å². The fourth-order valence-corrected chi connectivity index (χ4v) is 4.89. The van der Waals surface area contributed by atoms with Gasteiger partial charge in [-0.2, -0.15) is 17.0 Å². The number of rotatable bonds is 2. The Morgan fingerprint density at radius 1 is 1.09 bits per heavy atom. The van der Waals surface area contributed by atoms with Gasteiger partial charge in [0.2, 0.25) is 0 Å². The normalized spacial score (nSPS) is 20.4. The molecule has 1 saturated heterocycles. The highest BCUT2D eigenvalue weighted by atomic mass is 32.2. The Balaban J connectivity index is 1.67. The summed E-state index contributed by atoms with van der Waals surface area (Å²) < 4.78 is 28.6. The van der Waals surface area contributed by atoms with Crippen LogP contribution in [-0.4, -0.2) is 46.6 Å². The summed E-state index contributed by atoms with van der Waals surface area (Å²) in [7, 11) is -3.33. The summed E-state index contributed by atoms with van der Waals surface area (Å²) in [6.07, 6.45) is 4.30. The van der Waals surface area contributed by atoms with Crippen LogP contribution in [0.5, 0.6) is 0 Å². The van der Waals surface area contributed by atoms with E-state index in [4.69, 9.17) is 0 Å². The lowest BCUT2D eigenvalue weighted by Gasteiger charge is -2.31. The van der Waals surface area contributed by atoms with Crippen molar-refractivity contribution in [1.82, 2.24) is 18.6 Å². The van der Waals surface area contributed by atoms with Crippen molar-refractivity contribution in [2.75, 3.05) is 19.6 Å². The molecule has 0 aliphatic carbocycles. The molecule has 2 aromatic rings. The molecule has 0 radical (unpaired) electrons. The molecule has 0 saturated carbocycles. The summed E-state index contributed by atoms with van der Waals surface area (Å²) in [5.41, 5.74) is 2.70. The van der Waals surface area contributed by atoms with Crippen LogP contribution in [0, 0.1) is 0 Å². The zero-order chi connectivity index (χ0) is 15.2. The number of nitrogens with zero attached hydrogens (tertiary/aromatic N) is 4. The van der Waals surface area contributed by atoms with Crippen LogP contribution in [0.15, 0.2) is 24.4 Å². The maximum Gasteiger partial charge on any atom is 0.282 e. The molecular formula is C15H18N4O2S. The van der Waals surface area contributed by atoms with Gasteiger partial charge in [-0.15, -0.1) is 0 Å². The number of fused-ring (bicyclic) bond motifs is 2. The van der Waals surface area contributed by atoms with Gasteiger partial charge in [-0.05, 0) is 36.6 Å². The molecule has 0 atom stereocenters. The Morgan fingerprint density at radius 3 is 2.73 bits per heavy atom. The maximum absolute atomic E-state index is 12.7. The van der Waals surface area contributed by atoms with Crippen molar-refractivity contribution in [2.45, 2.75) is 25.8 Å². The van der Waals surface area contributed by atoms with Crippen LogP contribution in [0.3, 0.4) is 0 Å². The van der Waals surface area contributed by atoms with Crippen molar-refractivity contribution >= 4 is 21.2 Å². The second-order valence-corrected chi connectivity index (χ2v) is 7.77. The van der Waals surface area contributed by atoms with Crippen molar-refractivity contribution in [3.63, 3.8) is 0 Å². The molecule has 0 spiro atoms. The van der Waals surface area contributed by atoms with E-state index in [2.05, 4.69) is 9.97 Å². The van der Waals surface area contributed by atoms with Crippen molar-refractivity contribution in [2.24, 2.45) is 0 Å². The molecule has 2 aliphatic rings. The zero-order valence-corrected chi connectivity index (χ0v) is 13.1. The number of aromatic nitrogens is 2. The van der Waals surface area contributed by atoms with E-state index in [1.165, 1.54) is 0 Å². The quantitative estimate of drug-likeness (QED) is 0.838. The fraction of sp³-hybridized carbons (Fsp3) is 0.467.